The zero-order valence-corrected chi connectivity index (χ0v) is 11.1. The van der Waals surface area contributed by atoms with Crippen molar-refractivity contribution in [3.8, 4) is 0 Å². The Kier molecular flexibility index (Phi) is 4.13. The third-order valence-electron chi connectivity index (χ3n) is 2.43. The molecule has 0 fully saturated rings. The van der Waals surface area contributed by atoms with E-state index in [1.54, 1.807) is 0 Å². The van der Waals surface area contributed by atoms with Crippen molar-refractivity contribution in [2.45, 2.75) is 23.1 Å². The molecule has 1 rings (SSSR count). The first-order chi connectivity index (χ1) is 8.07. The molecular weight excluding hydrogens is 282 g/mol. The average molecular weight is 295 g/mol. The van der Waals surface area contributed by atoms with Gasteiger partial charge in [-0.05, 0) is 43.1 Å². The molecule has 102 valence electrons. The maximum Gasteiger partial charge on any atom is 0.294 e. The lowest BCUT2D eigenvalue weighted by molar-refractivity contribution is 0.480. The Hall–Kier alpha value is -1.00. The highest BCUT2D eigenvalue weighted by molar-refractivity contribution is 7.86. The molecule has 1 aromatic carbocycles. The molecule has 0 unspecified atom stereocenters. The van der Waals surface area contributed by atoms with E-state index in [4.69, 9.17) is 14.8 Å². The molecule has 0 aromatic heterocycles. The van der Waals surface area contributed by atoms with Gasteiger partial charge in [0.05, 0.1) is 9.79 Å². The summed E-state index contributed by atoms with van der Waals surface area (Å²) in [5.74, 6) is 0. The van der Waals surface area contributed by atoms with Gasteiger partial charge in [-0.25, -0.2) is 0 Å². The van der Waals surface area contributed by atoms with E-state index in [-0.39, 0.29) is 18.5 Å². The van der Waals surface area contributed by atoms with E-state index >= 15 is 0 Å². The number of benzene rings is 1. The van der Waals surface area contributed by atoms with Crippen LogP contribution in [0.4, 0.5) is 0 Å². The number of nitrogens with two attached hydrogens (primary N) is 1. The van der Waals surface area contributed by atoms with Gasteiger partial charge >= 0.3 is 0 Å². The van der Waals surface area contributed by atoms with E-state index in [0.717, 1.165) is 6.07 Å². The van der Waals surface area contributed by atoms with Gasteiger partial charge in [0.15, 0.2) is 0 Å². The van der Waals surface area contributed by atoms with Gasteiger partial charge in [-0.3, -0.25) is 9.11 Å². The zero-order chi connectivity index (χ0) is 14.1. The monoisotopic (exact) mass is 295 g/mol. The van der Waals surface area contributed by atoms with Crippen molar-refractivity contribution >= 4 is 20.2 Å². The van der Waals surface area contributed by atoms with Crippen LogP contribution < -0.4 is 5.73 Å². The molecule has 18 heavy (non-hydrogen) atoms. The van der Waals surface area contributed by atoms with Gasteiger partial charge in [0.2, 0.25) is 0 Å². The van der Waals surface area contributed by atoms with Crippen LogP contribution in [0.25, 0.3) is 0 Å². The fourth-order valence-electron chi connectivity index (χ4n) is 1.55. The summed E-state index contributed by atoms with van der Waals surface area (Å²) in [7, 11) is -9.13. The molecule has 0 saturated carbocycles. The van der Waals surface area contributed by atoms with Crippen molar-refractivity contribution in [2.75, 3.05) is 6.54 Å². The second-order valence-corrected chi connectivity index (χ2v) is 6.51. The fraction of sp³-hybridized carbons (Fsp3) is 0.333. The first-order valence-corrected chi connectivity index (χ1v) is 7.74. The minimum atomic E-state index is -4.57. The van der Waals surface area contributed by atoms with Crippen molar-refractivity contribution in [3.05, 3.63) is 23.3 Å². The van der Waals surface area contributed by atoms with Crippen molar-refractivity contribution in [1.82, 2.24) is 0 Å². The molecule has 7 nitrogen and oxygen atoms in total. The smallest absolute Gasteiger partial charge is 0.294 e. The van der Waals surface area contributed by atoms with Gasteiger partial charge in [-0.1, -0.05) is 0 Å². The highest BCUT2D eigenvalue weighted by atomic mass is 32.2. The Morgan fingerprint density at radius 2 is 1.67 bits per heavy atom. The van der Waals surface area contributed by atoms with Crippen molar-refractivity contribution in [1.29, 1.82) is 0 Å². The number of rotatable bonds is 4. The molecule has 0 aliphatic rings. The van der Waals surface area contributed by atoms with E-state index in [9.17, 15) is 16.8 Å². The first-order valence-electron chi connectivity index (χ1n) is 4.86. The lowest BCUT2D eigenvalue weighted by Gasteiger charge is -2.11. The Labute approximate surface area is 105 Å². The van der Waals surface area contributed by atoms with Crippen LogP contribution in [0, 0.1) is 6.92 Å². The van der Waals surface area contributed by atoms with Gasteiger partial charge in [-0.2, -0.15) is 16.8 Å². The Morgan fingerprint density at radius 3 is 2.06 bits per heavy atom. The van der Waals surface area contributed by atoms with E-state index in [0.29, 0.717) is 11.6 Å². The molecule has 0 saturated heterocycles. The fourth-order valence-corrected chi connectivity index (χ4v) is 2.98. The summed E-state index contributed by atoms with van der Waals surface area (Å²) >= 11 is 0. The summed E-state index contributed by atoms with van der Waals surface area (Å²) in [6.07, 6.45) is 0.220. The molecule has 0 heterocycles. The standard InChI is InChI=1S/C9H13NO6S2/c1-6-7(2-3-10)4-8(17(11,12)13)5-9(6)18(14,15)16/h4-5H,2-3,10H2,1H3,(H,11,12,13)(H,14,15,16). The number of hydrogen-bond acceptors (Lipinski definition) is 5. The molecule has 0 aliphatic heterocycles. The second-order valence-electron chi connectivity index (χ2n) is 3.69. The van der Waals surface area contributed by atoms with Gasteiger partial charge < -0.3 is 5.73 Å². The molecule has 9 heteroatoms. The second kappa shape index (κ2) is 4.94. The summed E-state index contributed by atoms with van der Waals surface area (Å²) in [4.78, 5) is -1.15. The van der Waals surface area contributed by atoms with Gasteiger partial charge in [0.25, 0.3) is 20.2 Å². The summed E-state index contributed by atoms with van der Waals surface area (Å²) in [5, 5.41) is 0. The van der Waals surface area contributed by atoms with E-state index in [1.807, 2.05) is 0 Å². The van der Waals surface area contributed by atoms with Crippen LogP contribution in [-0.4, -0.2) is 32.5 Å². The third kappa shape index (κ3) is 3.27. The predicted octanol–water partition coefficient (Wildman–Crippen LogP) is -0.0104. The minimum absolute atomic E-state index is 0.167. The average Bonchev–Trinajstić information content (AvgIpc) is 2.17. The zero-order valence-electron chi connectivity index (χ0n) is 9.49. The highest BCUT2D eigenvalue weighted by Crippen LogP contribution is 2.24. The largest absolute Gasteiger partial charge is 0.330 e. The summed E-state index contributed by atoms with van der Waals surface area (Å²) in [6.45, 7) is 1.59. The SMILES string of the molecule is Cc1c(CCN)cc(S(=O)(=O)O)cc1S(=O)(=O)O. The van der Waals surface area contributed by atoms with Crippen LogP contribution in [0.1, 0.15) is 11.1 Å². The molecule has 4 N–H and O–H groups in total. The topological polar surface area (TPSA) is 135 Å². The van der Waals surface area contributed by atoms with Crippen LogP contribution in [0.15, 0.2) is 21.9 Å². The molecule has 0 bridgehead atoms. The third-order valence-corrected chi connectivity index (χ3v) is 4.24. The van der Waals surface area contributed by atoms with Crippen LogP contribution in [0.2, 0.25) is 0 Å². The van der Waals surface area contributed by atoms with Crippen LogP contribution in [0.5, 0.6) is 0 Å². The maximum absolute atomic E-state index is 11.1. The van der Waals surface area contributed by atoms with E-state index < -0.39 is 30.0 Å². The van der Waals surface area contributed by atoms with Gasteiger partial charge in [-0.15, -0.1) is 0 Å². The summed E-state index contributed by atoms with van der Waals surface area (Å²) in [5.41, 5.74) is 5.86. The van der Waals surface area contributed by atoms with Crippen molar-refractivity contribution < 1.29 is 25.9 Å². The molecule has 0 atom stereocenters. The van der Waals surface area contributed by atoms with Crippen molar-refractivity contribution in [3.63, 3.8) is 0 Å². The first kappa shape index (κ1) is 15.1. The van der Waals surface area contributed by atoms with Gasteiger partial charge in [0.1, 0.15) is 0 Å². The Balaban J connectivity index is 3.68. The molecule has 1 aromatic rings. The predicted molar refractivity (Wildman–Crippen MR) is 63.6 cm³/mol. The Morgan fingerprint density at radius 1 is 1.11 bits per heavy atom. The van der Waals surface area contributed by atoms with Crippen LogP contribution >= 0.6 is 0 Å². The van der Waals surface area contributed by atoms with E-state index in [1.165, 1.54) is 6.92 Å². The maximum atomic E-state index is 11.1. The van der Waals surface area contributed by atoms with Crippen LogP contribution in [-0.2, 0) is 26.7 Å². The highest BCUT2D eigenvalue weighted by Gasteiger charge is 2.21. The van der Waals surface area contributed by atoms with Crippen LogP contribution in [0.3, 0.4) is 0 Å². The lowest BCUT2D eigenvalue weighted by atomic mass is 10.1. The lowest BCUT2D eigenvalue weighted by Crippen LogP contribution is -2.11. The molecular formula is C9H13NO6S2. The molecule has 0 spiro atoms. The molecule has 0 radical (unpaired) electrons. The minimum Gasteiger partial charge on any atom is -0.330 e. The molecule has 0 amide bonds. The quantitative estimate of drug-likeness (QED) is 0.665. The van der Waals surface area contributed by atoms with Gasteiger partial charge in [0, 0.05) is 0 Å². The summed E-state index contributed by atoms with van der Waals surface area (Å²) in [6, 6.07) is 1.84. The Bertz CT molecular complexity index is 663. The molecule has 0 aliphatic carbocycles. The summed E-state index contributed by atoms with van der Waals surface area (Å²) < 4.78 is 62.3. The van der Waals surface area contributed by atoms with Crippen molar-refractivity contribution in [2.24, 2.45) is 5.73 Å². The normalized spacial score (nSPS) is 12.7. The van der Waals surface area contributed by atoms with E-state index in [2.05, 4.69) is 0 Å². The number of hydrogen-bond donors (Lipinski definition) is 3.